The zero-order valence-electron chi connectivity index (χ0n) is 11.3. The molecular weight excluding hydrogens is 256 g/mol. The topological polar surface area (TPSA) is 41.9 Å². The molecule has 0 bridgehead atoms. The normalized spacial score (nSPS) is 10.9. The van der Waals surface area contributed by atoms with Crippen LogP contribution in [0.2, 0.25) is 0 Å². The summed E-state index contributed by atoms with van der Waals surface area (Å²) >= 11 is 1.56. The Hall–Kier alpha value is -1.46. The Balaban J connectivity index is 1.82. The lowest BCUT2D eigenvalue weighted by Crippen LogP contribution is -2.21. The first-order valence-corrected chi connectivity index (χ1v) is 7.44. The summed E-state index contributed by atoms with van der Waals surface area (Å²) in [6.45, 7) is 1.84. The monoisotopic (exact) mass is 274 g/mol. The minimum Gasteiger partial charge on any atom is -0.302 e. The minimum absolute atomic E-state index is 0.819. The molecule has 2 rings (SSSR count). The zero-order chi connectivity index (χ0) is 13.5. The third kappa shape index (κ3) is 4.61. The molecule has 2 heterocycles. The van der Waals surface area contributed by atoms with Gasteiger partial charge in [-0.2, -0.15) is 0 Å². The van der Waals surface area contributed by atoms with Gasteiger partial charge in [-0.1, -0.05) is 17.8 Å². The van der Waals surface area contributed by atoms with Crippen molar-refractivity contribution in [3.05, 3.63) is 48.0 Å². The Kier molecular flexibility index (Phi) is 5.30. The predicted molar refractivity (Wildman–Crippen MR) is 78.1 cm³/mol. The third-order valence-corrected chi connectivity index (χ3v) is 3.37. The van der Waals surface area contributed by atoms with Gasteiger partial charge in [0.2, 0.25) is 0 Å². The maximum atomic E-state index is 4.33. The Morgan fingerprint density at radius 3 is 2.58 bits per heavy atom. The molecule has 0 aliphatic heterocycles. The molecule has 4 nitrogen and oxygen atoms in total. The highest BCUT2D eigenvalue weighted by Crippen LogP contribution is 2.08. The number of hydrogen-bond acceptors (Lipinski definition) is 5. The van der Waals surface area contributed by atoms with E-state index < -0.39 is 0 Å². The van der Waals surface area contributed by atoms with E-state index in [1.807, 2.05) is 37.0 Å². The largest absolute Gasteiger partial charge is 0.302 e. The summed E-state index contributed by atoms with van der Waals surface area (Å²) < 4.78 is 0. The van der Waals surface area contributed by atoms with Gasteiger partial charge in [-0.25, -0.2) is 9.97 Å². The number of pyridine rings is 1. The van der Waals surface area contributed by atoms with Crippen LogP contribution in [0.5, 0.6) is 0 Å². The van der Waals surface area contributed by atoms with Gasteiger partial charge < -0.3 is 4.90 Å². The summed E-state index contributed by atoms with van der Waals surface area (Å²) in [6.07, 6.45) is 8.57. The summed E-state index contributed by atoms with van der Waals surface area (Å²) in [5.74, 6) is 0. The summed E-state index contributed by atoms with van der Waals surface area (Å²) in [7, 11) is 2.10. The Morgan fingerprint density at radius 2 is 1.95 bits per heavy atom. The second-order valence-corrected chi connectivity index (χ2v) is 5.16. The second-order valence-electron chi connectivity index (χ2n) is 4.39. The van der Waals surface area contributed by atoms with Gasteiger partial charge in [0.15, 0.2) is 5.16 Å². The second kappa shape index (κ2) is 7.21. The van der Waals surface area contributed by atoms with Gasteiger partial charge in [0, 0.05) is 49.4 Å². The van der Waals surface area contributed by atoms with Crippen molar-refractivity contribution >= 4 is 11.8 Å². The van der Waals surface area contributed by atoms with Crippen molar-refractivity contribution in [3.63, 3.8) is 0 Å². The number of likely N-dealkylation sites (N-methyl/N-ethyl adjacent to an activating group) is 1. The molecule has 0 saturated heterocycles. The smallest absolute Gasteiger partial charge is 0.187 e. The fraction of sp³-hybridized carbons (Fsp3) is 0.357. The van der Waals surface area contributed by atoms with Gasteiger partial charge >= 0.3 is 0 Å². The molecule has 19 heavy (non-hydrogen) atoms. The van der Waals surface area contributed by atoms with E-state index in [0.29, 0.717) is 0 Å². The van der Waals surface area contributed by atoms with E-state index in [0.717, 1.165) is 35.9 Å². The van der Waals surface area contributed by atoms with E-state index in [-0.39, 0.29) is 0 Å². The molecule has 0 N–H and O–H groups in total. The molecule has 0 aliphatic carbocycles. The Bertz CT molecular complexity index is 487. The Labute approximate surface area is 118 Å². The molecule has 2 aromatic rings. The van der Waals surface area contributed by atoms with Crippen LogP contribution in [0.3, 0.4) is 0 Å². The first kappa shape index (κ1) is 14.0. The van der Waals surface area contributed by atoms with Gasteiger partial charge in [-0.15, -0.1) is 0 Å². The van der Waals surface area contributed by atoms with Crippen LogP contribution in [-0.4, -0.2) is 39.7 Å². The van der Waals surface area contributed by atoms with Crippen molar-refractivity contribution in [1.82, 2.24) is 19.9 Å². The molecule has 2 aromatic heterocycles. The molecule has 0 atom stereocenters. The molecule has 0 saturated carbocycles. The minimum atomic E-state index is 0.819. The molecule has 0 amide bonds. The van der Waals surface area contributed by atoms with Crippen LogP contribution >= 0.6 is 11.8 Å². The predicted octanol–water partition coefficient (Wildman–Crippen LogP) is 2.27. The molecule has 0 aliphatic rings. The zero-order valence-corrected chi connectivity index (χ0v) is 12.1. The molecule has 0 fully saturated rings. The standard InChI is InChI=1S/C14H18N4S/c1-18(8-6-13-5-3-4-7-15-13)11-12-9-16-14(19-2)17-10-12/h3-5,7,9-10H,6,8,11H2,1-2H3. The van der Waals surface area contributed by atoms with Gasteiger partial charge in [-0.3, -0.25) is 4.98 Å². The van der Waals surface area contributed by atoms with Gasteiger partial charge in [0.05, 0.1) is 0 Å². The van der Waals surface area contributed by atoms with Gasteiger partial charge in [-0.05, 0) is 25.4 Å². The lowest BCUT2D eigenvalue weighted by molar-refractivity contribution is 0.329. The number of aromatic nitrogens is 3. The van der Waals surface area contributed by atoms with Gasteiger partial charge in [0.1, 0.15) is 0 Å². The van der Waals surface area contributed by atoms with E-state index >= 15 is 0 Å². The maximum Gasteiger partial charge on any atom is 0.187 e. The van der Waals surface area contributed by atoms with Crippen molar-refractivity contribution in [2.24, 2.45) is 0 Å². The van der Waals surface area contributed by atoms with E-state index in [4.69, 9.17) is 0 Å². The van der Waals surface area contributed by atoms with Crippen LogP contribution < -0.4 is 0 Å². The van der Waals surface area contributed by atoms with Crippen LogP contribution in [0.15, 0.2) is 41.9 Å². The summed E-state index contributed by atoms with van der Waals surface area (Å²) in [4.78, 5) is 15.1. The van der Waals surface area contributed by atoms with Crippen LogP contribution in [0.25, 0.3) is 0 Å². The fourth-order valence-corrected chi connectivity index (χ4v) is 2.09. The maximum absolute atomic E-state index is 4.33. The average Bonchev–Trinajstić information content (AvgIpc) is 2.47. The fourth-order valence-electron chi connectivity index (χ4n) is 1.77. The van der Waals surface area contributed by atoms with Gasteiger partial charge in [0.25, 0.3) is 0 Å². The lowest BCUT2D eigenvalue weighted by atomic mass is 10.2. The third-order valence-electron chi connectivity index (χ3n) is 2.79. The summed E-state index contributed by atoms with van der Waals surface area (Å²) in [6, 6.07) is 6.03. The van der Waals surface area contributed by atoms with Crippen molar-refractivity contribution in [2.45, 2.75) is 18.1 Å². The first-order valence-electron chi connectivity index (χ1n) is 6.21. The SMILES string of the molecule is CSc1ncc(CN(C)CCc2ccccn2)cn1. The number of thioether (sulfide) groups is 1. The van der Waals surface area contributed by atoms with Crippen LogP contribution in [0.1, 0.15) is 11.3 Å². The molecule has 0 radical (unpaired) electrons. The van der Waals surface area contributed by atoms with E-state index in [1.54, 1.807) is 11.8 Å². The van der Waals surface area contributed by atoms with E-state index in [2.05, 4.69) is 33.0 Å². The molecule has 5 heteroatoms. The highest BCUT2D eigenvalue weighted by molar-refractivity contribution is 7.98. The van der Waals surface area contributed by atoms with Crippen LogP contribution in [0.4, 0.5) is 0 Å². The molecule has 0 unspecified atom stereocenters. The highest BCUT2D eigenvalue weighted by Gasteiger charge is 2.03. The lowest BCUT2D eigenvalue weighted by Gasteiger charge is -2.15. The quantitative estimate of drug-likeness (QED) is 0.597. The summed E-state index contributed by atoms with van der Waals surface area (Å²) in [5, 5.41) is 0.819. The van der Waals surface area contributed by atoms with Crippen LogP contribution in [-0.2, 0) is 13.0 Å². The number of hydrogen-bond donors (Lipinski definition) is 0. The average molecular weight is 274 g/mol. The highest BCUT2D eigenvalue weighted by atomic mass is 32.2. The molecule has 100 valence electrons. The number of nitrogens with zero attached hydrogens (tertiary/aromatic N) is 4. The number of rotatable bonds is 6. The van der Waals surface area contributed by atoms with E-state index in [9.17, 15) is 0 Å². The first-order chi connectivity index (χ1) is 9.28. The molecular formula is C14H18N4S. The summed E-state index contributed by atoms with van der Waals surface area (Å²) in [5.41, 5.74) is 2.27. The van der Waals surface area contributed by atoms with Crippen molar-refractivity contribution in [1.29, 1.82) is 0 Å². The van der Waals surface area contributed by atoms with E-state index in [1.165, 1.54) is 0 Å². The van der Waals surface area contributed by atoms with Crippen molar-refractivity contribution in [2.75, 3.05) is 19.8 Å². The molecule has 0 aromatic carbocycles. The van der Waals surface area contributed by atoms with Crippen molar-refractivity contribution < 1.29 is 0 Å². The van der Waals surface area contributed by atoms with Crippen molar-refractivity contribution in [3.8, 4) is 0 Å². The molecule has 0 spiro atoms. The Morgan fingerprint density at radius 1 is 1.16 bits per heavy atom. The van der Waals surface area contributed by atoms with Crippen LogP contribution in [0, 0.1) is 0 Å².